The maximum atomic E-state index is 12.8. The van der Waals surface area contributed by atoms with Gasteiger partial charge >= 0.3 is 0 Å². The minimum Gasteiger partial charge on any atom is -0.313 e. The van der Waals surface area contributed by atoms with E-state index in [1.807, 2.05) is 0 Å². The van der Waals surface area contributed by atoms with Crippen LogP contribution in [0.2, 0.25) is 0 Å². The Morgan fingerprint density at radius 1 is 1.33 bits per heavy atom. The molecule has 0 aromatic heterocycles. The number of rotatable bonds is 7. The molecule has 1 aromatic rings. The van der Waals surface area contributed by atoms with Crippen molar-refractivity contribution in [2.75, 3.05) is 19.3 Å². The quantitative estimate of drug-likeness (QED) is 0.742. The summed E-state index contributed by atoms with van der Waals surface area (Å²) in [6.45, 7) is 1.71. The fraction of sp³-hybridized carbons (Fsp3) is 0.455. The van der Waals surface area contributed by atoms with Crippen molar-refractivity contribution in [3.05, 3.63) is 34.1 Å². The Morgan fingerprint density at radius 2 is 2.06 bits per heavy atom. The summed E-state index contributed by atoms with van der Waals surface area (Å²) in [5.74, 6) is -0.275. The monoisotopic (exact) mass is 338 g/mol. The van der Waals surface area contributed by atoms with Gasteiger partial charge in [0.05, 0.1) is 6.26 Å². The first-order valence-electron chi connectivity index (χ1n) is 5.48. The average molecular weight is 339 g/mol. The Kier molecular flexibility index (Phi) is 6.20. The fourth-order valence-electron chi connectivity index (χ4n) is 1.36. The Hall–Kier alpha value is -0.500. The van der Waals surface area contributed by atoms with E-state index in [9.17, 15) is 12.8 Å². The number of hydrogen-bond donors (Lipinski definition) is 2. The topological polar surface area (TPSA) is 58.2 Å². The molecule has 0 aliphatic carbocycles. The second-order valence-corrected chi connectivity index (χ2v) is 6.62. The zero-order valence-electron chi connectivity index (χ0n) is 10.0. The molecule has 0 fully saturated rings. The molecule has 0 saturated heterocycles. The Bertz CT molecular complexity index is 494. The number of benzene rings is 1. The van der Waals surface area contributed by atoms with Crippen LogP contribution in [0.3, 0.4) is 0 Å². The molecule has 102 valence electrons. The Morgan fingerprint density at radius 3 is 2.67 bits per heavy atom. The van der Waals surface area contributed by atoms with Gasteiger partial charge in [-0.15, -0.1) is 0 Å². The number of nitrogens with one attached hydrogen (secondary N) is 2. The lowest BCUT2D eigenvalue weighted by molar-refractivity contribution is 0.579. The summed E-state index contributed by atoms with van der Waals surface area (Å²) in [4.78, 5) is 0. The summed E-state index contributed by atoms with van der Waals surface area (Å²) in [7, 11) is -3.10. The summed E-state index contributed by atoms with van der Waals surface area (Å²) in [6, 6.07) is 4.54. The van der Waals surface area contributed by atoms with Crippen LogP contribution in [0.15, 0.2) is 22.7 Å². The lowest BCUT2D eigenvalue weighted by Gasteiger charge is -2.07. The highest BCUT2D eigenvalue weighted by atomic mass is 79.9. The molecule has 0 spiro atoms. The smallest absolute Gasteiger partial charge is 0.208 e. The SMILES string of the molecule is CS(=O)(=O)NCCCNCc1ccc(F)cc1Br. The second kappa shape index (κ2) is 7.18. The molecule has 0 unspecified atom stereocenters. The van der Waals surface area contributed by atoms with E-state index in [0.29, 0.717) is 26.1 Å². The number of sulfonamides is 1. The third kappa shape index (κ3) is 6.44. The van der Waals surface area contributed by atoms with Gasteiger partial charge in [0.1, 0.15) is 5.82 Å². The van der Waals surface area contributed by atoms with Gasteiger partial charge in [0.15, 0.2) is 0 Å². The third-order valence-electron chi connectivity index (χ3n) is 2.23. The van der Waals surface area contributed by atoms with E-state index in [0.717, 1.165) is 16.3 Å². The summed E-state index contributed by atoms with van der Waals surface area (Å²) in [5.41, 5.74) is 0.965. The predicted octanol–water partition coefficient (Wildman–Crippen LogP) is 1.62. The maximum Gasteiger partial charge on any atom is 0.208 e. The van der Waals surface area contributed by atoms with E-state index in [1.54, 1.807) is 6.07 Å². The number of hydrogen-bond acceptors (Lipinski definition) is 3. The van der Waals surface area contributed by atoms with Crippen LogP contribution in [0.25, 0.3) is 0 Å². The molecule has 0 aliphatic heterocycles. The van der Waals surface area contributed by atoms with Gasteiger partial charge in [-0.05, 0) is 30.7 Å². The van der Waals surface area contributed by atoms with Crippen LogP contribution in [0, 0.1) is 5.82 Å². The van der Waals surface area contributed by atoms with Crippen LogP contribution >= 0.6 is 15.9 Å². The largest absolute Gasteiger partial charge is 0.313 e. The molecule has 0 heterocycles. The highest BCUT2D eigenvalue weighted by Gasteiger charge is 2.01. The van der Waals surface area contributed by atoms with Gasteiger partial charge in [-0.2, -0.15) is 0 Å². The summed E-state index contributed by atoms with van der Waals surface area (Å²) in [5, 5.41) is 3.16. The molecule has 0 saturated carbocycles. The Balaban J connectivity index is 2.22. The summed E-state index contributed by atoms with van der Waals surface area (Å²) >= 11 is 3.28. The second-order valence-electron chi connectivity index (χ2n) is 3.93. The lowest BCUT2D eigenvalue weighted by atomic mass is 10.2. The van der Waals surface area contributed by atoms with E-state index < -0.39 is 10.0 Å². The van der Waals surface area contributed by atoms with Crippen molar-refractivity contribution >= 4 is 26.0 Å². The van der Waals surface area contributed by atoms with Crippen LogP contribution in [-0.4, -0.2) is 27.8 Å². The molecule has 18 heavy (non-hydrogen) atoms. The first-order valence-corrected chi connectivity index (χ1v) is 8.16. The first-order chi connectivity index (χ1) is 8.38. The molecule has 1 rings (SSSR count). The molecule has 2 N–H and O–H groups in total. The van der Waals surface area contributed by atoms with Gasteiger partial charge in [-0.1, -0.05) is 22.0 Å². The minimum absolute atomic E-state index is 0.275. The predicted molar refractivity (Wildman–Crippen MR) is 73.3 cm³/mol. The van der Waals surface area contributed by atoms with Crippen molar-refractivity contribution in [1.82, 2.24) is 10.0 Å². The van der Waals surface area contributed by atoms with E-state index in [1.165, 1.54) is 12.1 Å². The standard InChI is InChI=1S/C11H16BrFN2O2S/c1-18(16,17)15-6-2-5-14-8-9-3-4-10(13)7-11(9)12/h3-4,7,14-15H,2,5-6,8H2,1H3. The average Bonchev–Trinajstić information content (AvgIpc) is 2.24. The Labute approximate surface area is 115 Å². The molecule has 0 radical (unpaired) electrons. The first kappa shape index (κ1) is 15.6. The summed E-state index contributed by atoms with van der Waals surface area (Å²) in [6.07, 6.45) is 1.84. The molecule has 0 bridgehead atoms. The van der Waals surface area contributed by atoms with E-state index >= 15 is 0 Å². The van der Waals surface area contributed by atoms with Crippen molar-refractivity contribution in [2.24, 2.45) is 0 Å². The highest BCUT2D eigenvalue weighted by molar-refractivity contribution is 9.10. The maximum absolute atomic E-state index is 12.8. The zero-order chi connectivity index (χ0) is 13.6. The fourth-order valence-corrected chi connectivity index (χ4v) is 2.37. The minimum atomic E-state index is -3.10. The van der Waals surface area contributed by atoms with Gasteiger partial charge < -0.3 is 5.32 Å². The van der Waals surface area contributed by atoms with Crippen molar-refractivity contribution < 1.29 is 12.8 Å². The highest BCUT2D eigenvalue weighted by Crippen LogP contribution is 2.17. The number of halogens is 2. The molecular formula is C11H16BrFN2O2S. The van der Waals surface area contributed by atoms with Gasteiger partial charge in [0.2, 0.25) is 10.0 Å². The molecular weight excluding hydrogens is 323 g/mol. The normalized spacial score (nSPS) is 11.7. The van der Waals surface area contributed by atoms with Crippen molar-refractivity contribution in [3.8, 4) is 0 Å². The van der Waals surface area contributed by atoms with Gasteiger partial charge in [0.25, 0.3) is 0 Å². The van der Waals surface area contributed by atoms with Crippen molar-refractivity contribution in [2.45, 2.75) is 13.0 Å². The van der Waals surface area contributed by atoms with Crippen LogP contribution in [0.5, 0.6) is 0 Å². The van der Waals surface area contributed by atoms with E-state index in [-0.39, 0.29) is 5.82 Å². The lowest BCUT2D eigenvalue weighted by Crippen LogP contribution is -2.26. The molecule has 0 amide bonds. The van der Waals surface area contributed by atoms with Gasteiger partial charge in [-0.3, -0.25) is 0 Å². The molecule has 7 heteroatoms. The zero-order valence-corrected chi connectivity index (χ0v) is 12.4. The van der Waals surface area contributed by atoms with Crippen molar-refractivity contribution in [3.63, 3.8) is 0 Å². The molecule has 1 aromatic carbocycles. The molecule has 0 aliphatic rings. The van der Waals surface area contributed by atoms with Crippen LogP contribution in [-0.2, 0) is 16.6 Å². The molecule has 4 nitrogen and oxygen atoms in total. The van der Waals surface area contributed by atoms with Crippen LogP contribution in [0.1, 0.15) is 12.0 Å². The van der Waals surface area contributed by atoms with Crippen molar-refractivity contribution in [1.29, 1.82) is 0 Å². The van der Waals surface area contributed by atoms with Gasteiger partial charge in [-0.25, -0.2) is 17.5 Å². The van der Waals surface area contributed by atoms with Crippen LogP contribution < -0.4 is 10.0 Å². The van der Waals surface area contributed by atoms with E-state index in [2.05, 4.69) is 26.0 Å². The third-order valence-corrected chi connectivity index (χ3v) is 3.69. The van der Waals surface area contributed by atoms with E-state index in [4.69, 9.17) is 0 Å². The van der Waals surface area contributed by atoms with Crippen LogP contribution in [0.4, 0.5) is 4.39 Å². The van der Waals surface area contributed by atoms with Gasteiger partial charge in [0, 0.05) is 17.6 Å². The molecule has 0 atom stereocenters. The summed E-state index contributed by atoms with van der Waals surface area (Å²) < 4.78 is 37.5.